The van der Waals surface area contributed by atoms with E-state index >= 15 is 0 Å². The van der Waals surface area contributed by atoms with Crippen molar-refractivity contribution in [2.75, 3.05) is 26.7 Å². The summed E-state index contributed by atoms with van der Waals surface area (Å²) in [6, 6.07) is 3.75. The molecule has 0 aromatic carbocycles. The maximum absolute atomic E-state index is 12.4. The number of carbonyl (C=O) groups is 2. The van der Waals surface area contributed by atoms with Gasteiger partial charge in [0.25, 0.3) is 0 Å². The van der Waals surface area contributed by atoms with Crippen LogP contribution in [0.5, 0.6) is 0 Å². The number of hydrogen-bond donors (Lipinski definition) is 0. The van der Waals surface area contributed by atoms with Gasteiger partial charge < -0.3 is 9.80 Å². The van der Waals surface area contributed by atoms with E-state index in [1.807, 2.05) is 12.1 Å². The molecule has 0 aliphatic carbocycles. The van der Waals surface area contributed by atoms with Crippen molar-refractivity contribution in [3.8, 4) is 0 Å². The number of likely N-dealkylation sites (tertiary alicyclic amines) is 1. The van der Waals surface area contributed by atoms with Crippen molar-refractivity contribution in [2.45, 2.75) is 25.4 Å². The zero-order valence-electron chi connectivity index (χ0n) is 13.4. The highest BCUT2D eigenvalue weighted by Gasteiger charge is 2.43. The third kappa shape index (κ3) is 4.69. The molecule has 1 fully saturated rings. The van der Waals surface area contributed by atoms with E-state index in [0.717, 1.165) is 10.5 Å². The molecule has 2 amide bonds. The summed E-state index contributed by atoms with van der Waals surface area (Å²) < 4.78 is 37.2. The van der Waals surface area contributed by atoms with Gasteiger partial charge in [-0.25, -0.2) is 0 Å². The molecule has 132 valence electrons. The minimum absolute atomic E-state index is 0.0348. The first kappa shape index (κ1) is 18.2. The van der Waals surface area contributed by atoms with Crippen molar-refractivity contribution >= 4 is 11.8 Å². The second kappa shape index (κ2) is 7.63. The molecule has 1 aromatic rings. The molecule has 24 heavy (non-hydrogen) atoms. The molecule has 8 heteroatoms. The molecule has 1 aliphatic heterocycles. The molecule has 1 aliphatic rings. The SMILES string of the molecule is CN(CCc1ccncc1)C(=O)C1CCN(C(=O)C(F)(F)F)CC1. The minimum atomic E-state index is -4.85. The summed E-state index contributed by atoms with van der Waals surface area (Å²) >= 11 is 0. The van der Waals surface area contributed by atoms with Gasteiger partial charge in [0, 0.05) is 45.0 Å². The van der Waals surface area contributed by atoms with Gasteiger partial charge in [0.2, 0.25) is 5.91 Å². The number of pyridine rings is 1. The first-order valence-electron chi connectivity index (χ1n) is 7.79. The van der Waals surface area contributed by atoms with Crippen LogP contribution >= 0.6 is 0 Å². The Morgan fingerprint density at radius 1 is 1.25 bits per heavy atom. The van der Waals surface area contributed by atoms with Gasteiger partial charge in [0.15, 0.2) is 0 Å². The molecule has 2 heterocycles. The van der Waals surface area contributed by atoms with E-state index in [1.165, 1.54) is 0 Å². The second-order valence-corrected chi connectivity index (χ2v) is 5.93. The highest BCUT2D eigenvalue weighted by molar-refractivity contribution is 5.83. The average molecular weight is 343 g/mol. The lowest BCUT2D eigenvalue weighted by Gasteiger charge is -2.33. The van der Waals surface area contributed by atoms with Gasteiger partial charge in [0.05, 0.1) is 0 Å². The topological polar surface area (TPSA) is 53.5 Å². The molecule has 1 saturated heterocycles. The second-order valence-electron chi connectivity index (χ2n) is 5.93. The number of aromatic nitrogens is 1. The zero-order chi connectivity index (χ0) is 17.7. The Morgan fingerprint density at radius 2 is 1.83 bits per heavy atom. The van der Waals surface area contributed by atoms with E-state index in [0.29, 0.717) is 13.0 Å². The smallest absolute Gasteiger partial charge is 0.345 e. The number of piperidine rings is 1. The summed E-state index contributed by atoms with van der Waals surface area (Å²) in [5, 5.41) is 0. The molecule has 0 spiro atoms. The summed E-state index contributed by atoms with van der Waals surface area (Å²) in [6.45, 7) is 0.463. The number of hydrogen-bond acceptors (Lipinski definition) is 3. The van der Waals surface area contributed by atoms with Crippen LogP contribution in [0.3, 0.4) is 0 Å². The largest absolute Gasteiger partial charge is 0.471 e. The number of likely N-dealkylation sites (N-methyl/N-ethyl adjacent to an activating group) is 1. The van der Waals surface area contributed by atoms with Crippen LogP contribution in [0.2, 0.25) is 0 Å². The van der Waals surface area contributed by atoms with Gasteiger partial charge in [-0.3, -0.25) is 14.6 Å². The van der Waals surface area contributed by atoms with Gasteiger partial charge in [-0.2, -0.15) is 13.2 Å². The number of amides is 2. The summed E-state index contributed by atoms with van der Waals surface area (Å²) in [5.41, 5.74) is 1.07. The van der Waals surface area contributed by atoms with Crippen LogP contribution in [0.4, 0.5) is 13.2 Å². The monoisotopic (exact) mass is 343 g/mol. The number of rotatable bonds is 4. The molecule has 1 aromatic heterocycles. The number of nitrogens with zero attached hydrogens (tertiary/aromatic N) is 3. The van der Waals surface area contributed by atoms with Crippen LogP contribution in [-0.4, -0.2) is 59.5 Å². The van der Waals surface area contributed by atoms with Crippen molar-refractivity contribution in [1.82, 2.24) is 14.8 Å². The van der Waals surface area contributed by atoms with Crippen molar-refractivity contribution in [3.63, 3.8) is 0 Å². The van der Waals surface area contributed by atoms with E-state index in [9.17, 15) is 22.8 Å². The quantitative estimate of drug-likeness (QED) is 0.839. The first-order valence-corrected chi connectivity index (χ1v) is 7.79. The molecule has 2 rings (SSSR count). The zero-order valence-corrected chi connectivity index (χ0v) is 13.4. The van der Waals surface area contributed by atoms with E-state index in [2.05, 4.69) is 4.98 Å². The maximum atomic E-state index is 12.4. The van der Waals surface area contributed by atoms with Crippen LogP contribution in [0.25, 0.3) is 0 Å². The van der Waals surface area contributed by atoms with Crippen molar-refractivity contribution in [3.05, 3.63) is 30.1 Å². The molecular formula is C16H20F3N3O2. The first-order chi connectivity index (χ1) is 11.3. The van der Waals surface area contributed by atoms with Crippen molar-refractivity contribution in [2.24, 2.45) is 5.92 Å². The Labute approximate surface area is 138 Å². The fourth-order valence-electron chi connectivity index (χ4n) is 2.78. The normalized spacial score (nSPS) is 16.1. The molecule has 0 saturated carbocycles. The van der Waals surface area contributed by atoms with Gasteiger partial charge in [-0.1, -0.05) is 0 Å². The molecule has 0 unspecified atom stereocenters. The molecule has 0 atom stereocenters. The summed E-state index contributed by atoms with van der Waals surface area (Å²) in [6.07, 6.45) is -0.260. The van der Waals surface area contributed by atoms with E-state index < -0.39 is 12.1 Å². The van der Waals surface area contributed by atoms with Gasteiger partial charge in [0.1, 0.15) is 0 Å². The Bertz CT molecular complexity index is 570. The average Bonchev–Trinajstić information content (AvgIpc) is 2.58. The number of halogens is 3. The summed E-state index contributed by atoms with van der Waals surface area (Å²) in [7, 11) is 1.69. The van der Waals surface area contributed by atoms with Crippen LogP contribution in [0.1, 0.15) is 18.4 Å². The molecule has 5 nitrogen and oxygen atoms in total. The Balaban J connectivity index is 1.80. The van der Waals surface area contributed by atoms with E-state index in [1.54, 1.807) is 24.3 Å². The van der Waals surface area contributed by atoms with Crippen LogP contribution in [0.15, 0.2) is 24.5 Å². The number of carbonyl (C=O) groups excluding carboxylic acids is 2. The van der Waals surface area contributed by atoms with Crippen LogP contribution in [-0.2, 0) is 16.0 Å². The van der Waals surface area contributed by atoms with E-state index in [-0.39, 0.29) is 37.8 Å². The third-order valence-electron chi connectivity index (χ3n) is 4.24. The summed E-state index contributed by atoms with van der Waals surface area (Å²) in [4.78, 5) is 29.9. The molecule has 0 N–H and O–H groups in total. The van der Waals surface area contributed by atoms with Crippen molar-refractivity contribution < 1.29 is 22.8 Å². The fourth-order valence-corrected chi connectivity index (χ4v) is 2.78. The summed E-state index contributed by atoms with van der Waals surface area (Å²) in [5.74, 6) is -2.23. The lowest BCUT2D eigenvalue weighted by atomic mass is 9.95. The predicted octanol–water partition coefficient (Wildman–Crippen LogP) is 1.88. The van der Waals surface area contributed by atoms with Gasteiger partial charge >= 0.3 is 12.1 Å². The van der Waals surface area contributed by atoms with Crippen molar-refractivity contribution in [1.29, 1.82) is 0 Å². The Morgan fingerprint density at radius 3 is 2.38 bits per heavy atom. The van der Waals surface area contributed by atoms with Crippen LogP contribution < -0.4 is 0 Å². The number of alkyl halides is 3. The minimum Gasteiger partial charge on any atom is -0.345 e. The van der Waals surface area contributed by atoms with Gasteiger partial charge in [-0.05, 0) is 37.0 Å². The Kier molecular flexibility index (Phi) is 5.80. The lowest BCUT2D eigenvalue weighted by Crippen LogP contribution is -2.47. The predicted molar refractivity (Wildman–Crippen MR) is 80.9 cm³/mol. The molecule has 0 radical (unpaired) electrons. The molecular weight excluding hydrogens is 323 g/mol. The highest BCUT2D eigenvalue weighted by Crippen LogP contribution is 2.24. The van der Waals surface area contributed by atoms with Crippen LogP contribution in [0, 0.1) is 5.92 Å². The maximum Gasteiger partial charge on any atom is 0.471 e. The highest BCUT2D eigenvalue weighted by atomic mass is 19.4. The Hall–Kier alpha value is -2.12. The fraction of sp³-hybridized carbons (Fsp3) is 0.562. The third-order valence-corrected chi connectivity index (χ3v) is 4.24. The van der Waals surface area contributed by atoms with E-state index in [4.69, 9.17) is 0 Å². The standard InChI is InChI=1S/C16H20F3N3O2/c1-21(9-4-12-2-7-20-8-3-12)14(23)13-5-10-22(11-6-13)15(24)16(17,18)19/h2-3,7-8,13H,4-6,9-11H2,1H3. The lowest BCUT2D eigenvalue weighted by molar-refractivity contribution is -0.187. The van der Waals surface area contributed by atoms with Gasteiger partial charge in [-0.15, -0.1) is 0 Å². The molecule has 0 bridgehead atoms.